The van der Waals surface area contributed by atoms with Crippen molar-refractivity contribution < 1.29 is 18.9 Å². The molecular weight excluding hydrogens is 697 g/mol. The zero-order chi connectivity index (χ0) is 38.7. The predicted molar refractivity (Wildman–Crippen MR) is 215 cm³/mol. The summed E-state index contributed by atoms with van der Waals surface area (Å²) in [4.78, 5) is 12.2. The smallest absolute Gasteiger partial charge is 0.135 e. The van der Waals surface area contributed by atoms with E-state index in [1.807, 2.05) is 26.1 Å². The molecule has 0 radical (unpaired) electrons. The van der Waals surface area contributed by atoms with E-state index in [0.29, 0.717) is 56.8 Å². The minimum absolute atomic E-state index is 0.360. The average Bonchev–Trinajstić information content (AvgIpc) is 3.17. The van der Waals surface area contributed by atoms with E-state index in [1.165, 1.54) is 5.56 Å². The summed E-state index contributed by atoms with van der Waals surface area (Å²) in [5.41, 5.74) is 6.67. The van der Waals surface area contributed by atoms with E-state index < -0.39 is 11.2 Å². The van der Waals surface area contributed by atoms with Gasteiger partial charge in [0.2, 0.25) is 0 Å². The fraction of sp³-hybridized carbons (Fsp3) is 0.558. The van der Waals surface area contributed by atoms with Crippen molar-refractivity contribution in [3.63, 3.8) is 0 Å². The highest BCUT2D eigenvalue weighted by atomic mass is 32.2. The van der Waals surface area contributed by atoms with E-state index in [2.05, 4.69) is 78.0 Å². The number of methoxy groups -OCH3 is 2. The molecule has 2 aromatic rings. The Bertz CT molecular complexity index is 1770. The number of nitrogens with zero attached hydrogens (tertiary/aromatic N) is 6. The van der Waals surface area contributed by atoms with Gasteiger partial charge in [0.25, 0.3) is 0 Å². The Labute approximate surface area is 327 Å². The lowest BCUT2D eigenvalue weighted by Gasteiger charge is -2.40. The van der Waals surface area contributed by atoms with E-state index in [1.54, 1.807) is 26.0 Å². The molecular formula is C43H58N6O4S. The predicted octanol–water partition coefficient (Wildman–Crippen LogP) is 6.71. The largest absolute Gasteiger partial charge is 0.383 e. The van der Waals surface area contributed by atoms with Gasteiger partial charge in [-0.05, 0) is 57.2 Å². The Kier molecular flexibility index (Phi) is 14.8. The number of likely N-dealkylation sites (N-methyl/N-ethyl adjacent to an activating group) is 1. The van der Waals surface area contributed by atoms with Gasteiger partial charge in [0, 0.05) is 96.0 Å². The van der Waals surface area contributed by atoms with Crippen molar-refractivity contribution >= 4 is 17.6 Å². The second-order valence-electron chi connectivity index (χ2n) is 15.2. The van der Waals surface area contributed by atoms with Crippen molar-refractivity contribution in [3.8, 4) is 12.1 Å². The number of hydrogen-bond acceptors (Lipinski definition) is 11. The Morgan fingerprint density at radius 1 is 0.981 bits per heavy atom. The first-order valence-electron chi connectivity index (χ1n) is 19.1. The van der Waals surface area contributed by atoms with Crippen LogP contribution in [0.15, 0.2) is 69.9 Å². The molecule has 0 saturated carbocycles. The van der Waals surface area contributed by atoms with Gasteiger partial charge >= 0.3 is 0 Å². The molecule has 11 heteroatoms. The first-order valence-corrected chi connectivity index (χ1v) is 20.1. The monoisotopic (exact) mass is 754 g/mol. The molecule has 1 fully saturated rings. The van der Waals surface area contributed by atoms with Crippen LogP contribution in [-0.2, 0) is 38.4 Å². The average molecular weight is 755 g/mol. The molecule has 0 spiro atoms. The number of aromatic nitrogens is 1. The van der Waals surface area contributed by atoms with Gasteiger partial charge < -0.3 is 28.7 Å². The molecule has 1 unspecified atom stereocenters. The summed E-state index contributed by atoms with van der Waals surface area (Å²) in [7, 11) is 5.50. The van der Waals surface area contributed by atoms with Crippen molar-refractivity contribution in [1.29, 1.82) is 10.5 Å². The second-order valence-corrected chi connectivity index (χ2v) is 16.3. The third kappa shape index (κ3) is 10.3. The number of nitriles is 2. The summed E-state index contributed by atoms with van der Waals surface area (Å²) < 4.78 is 23.7. The summed E-state index contributed by atoms with van der Waals surface area (Å²) >= 11 is 1.66. The van der Waals surface area contributed by atoms with E-state index in [-0.39, 0.29) is 0 Å². The standard InChI is InChI=1S/C43H58N6O4S/c1-8-39(47(5)21-23-50-6)37-30-52-42(2,3)26-34(37)33(28-44)14-16-43(4)27-35-36(29-45)41(54-25-15-32-12-10-9-11-13-32)46-40(38(35)31-53-43)49-19-17-48(18-20-49)22-24-51-7/h8-14H,15-27,30-31H2,1-7H3. The Morgan fingerprint density at radius 3 is 2.39 bits per heavy atom. The number of anilines is 1. The molecule has 4 heterocycles. The summed E-state index contributed by atoms with van der Waals surface area (Å²) in [6, 6.07) is 15.6. The van der Waals surface area contributed by atoms with Gasteiger partial charge in [-0.15, -0.1) is 11.8 Å². The molecule has 0 amide bonds. The lowest BCUT2D eigenvalue weighted by atomic mass is 9.83. The minimum Gasteiger partial charge on any atom is -0.383 e. The van der Waals surface area contributed by atoms with Crippen LogP contribution in [0.1, 0.15) is 62.8 Å². The molecule has 0 bridgehead atoms. The molecule has 0 aliphatic carbocycles. The summed E-state index contributed by atoms with van der Waals surface area (Å²) in [6.45, 7) is 15.6. The molecule has 10 nitrogen and oxygen atoms in total. The van der Waals surface area contributed by atoms with E-state index in [9.17, 15) is 10.5 Å². The maximum absolute atomic E-state index is 10.7. The van der Waals surface area contributed by atoms with E-state index >= 15 is 0 Å². The second kappa shape index (κ2) is 19.3. The van der Waals surface area contributed by atoms with Crippen LogP contribution in [0.4, 0.5) is 5.82 Å². The summed E-state index contributed by atoms with van der Waals surface area (Å²) in [5.74, 6) is 1.76. The fourth-order valence-corrected chi connectivity index (χ4v) is 8.53. The lowest BCUT2D eigenvalue weighted by molar-refractivity contribution is -0.0519. The summed E-state index contributed by atoms with van der Waals surface area (Å²) in [6.07, 6.45) is 6.72. The molecule has 3 aliphatic rings. The maximum atomic E-state index is 10.7. The maximum Gasteiger partial charge on any atom is 0.135 e. The van der Waals surface area contributed by atoms with Gasteiger partial charge in [0.05, 0.1) is 54.8 Å². The molecule has 54 heavy (non-hydrogen) atoms. The van der Waals surface area contributed by atoms with Crippen LogP contribution in [-0.4, -0.2) is 112 Å². The van der Waals surface area contributed by atoms with Crippen molar-refractivity contribution in [2.45, 2.75) is 76.2 Å². The number of fused-ring (bicyclic) bond motifs is 1. The number of aryl methyl sites for hydroxylation is 1. The number of rotatable bonds is 16. The van der Waals surface area contributed by atoms with Crippen LogP contribution >= 0.6 is 11.8 Å². The van der Waals surface area contributed by atoms with Crippen LogP contribution in [0.5, 0.6) is 0 Å². The zero-order valence-electron chi connectivity index (χ0n) is 33.4. The third-order valence-electron chi connectivity index (χ3n) is 10.7. The molecule has 1 atom stereocenters. The van der Waals surface area contributed by atoms with E-state index in [4.69, 9.17) is 23.9 Å². The molecule has 290 valence electrons. The topological polar surface area (TPSA) is 107 Å². The van der Waals surface area contributed by atoms with E-state index in [0.717, 1.165) is 90.3 Å². The van der Waals surface area contributed by atoms with Gasteiger partial charge in [-0.25, -0.2) is 4.98 Å². The van der Waals surface area contributed by atoms with Crippen LogP contribution < -0.4 is 4.90 Å². The molecule has 1 aromatic carbocycles. The van der Waals surface area contributed by atoms with Crippen LogP contribution in [0, 0.1) is 22.7 Å². The SMILES string of the molecule is CC=C(C1=C(C(C#N)=CCC2(C)Cc3c(C#N)c(SCCc4ccccc4)nc(N4CCN(CCOC)CC4)c3CO2)CC(C)(C)OC1)N(C)CCOC. The number of hydrogen-bond donors (Lipinski definition) is 0. The quantitative estimate of drug-likeness (QED) is 0.135. The Hall–Kier alpha value is -3.68. The molecule has 3 aliphatic heterocycles. The van der Waals surface area contributed by atoms with Crippen LogP contribution in [0.25, 0.3) is 0 Å². The first-order chi connectivity index (χ1) is 26.0. The van der Waals surface area contributed by atoms with Gasteiger partial charge in [-0.3, -0.25) is 4.90 Å². The minimum atomic E-state index is -0.621. The van der Waals surface area contributed by atoms with Gasteiger partial charge in [0.1, 0.15) is 16.9 Å². The fourth-order valence-electron chi connectivity index (χ4n) is 7.53. The zero-order valence-corrected chi connectivity index (χ0v) is 34.2. The molecule has 1 saturated heterocycles. The van der Waals surface area contributed by atoms with Crippen LogP contribution in [0.3, 0.4) is 0 Å². The van der Waals surface area contributed by atoms with Gasteiger partial charge in [-0.1, -0.05) is 42.5 Å². The molecule has 1 aromatic heterocycles. The Balaban J connectivity index is 1.46. The van der Waals surface area contributed by atoms with Crippen molar-refractivity contribution in [3.05, 3.63) is 87.2 Å². The lowest BCUT2D eigenvalue weighted by Crippen LogP contribution is -2.48. The molecule has 0 N–H and O–H groups in total. The van der Waals surface area contributed by atoms with Crippen molar-refractivity contribution in [2.24, 2.45) is 0 Å². The highest BCUT2D eigenvalue weighted by Crippen LogP contribution is 2.42. The number of allylic oxidation sites excluding steroid dienone is 2. The number of benzene rings is 1. The van der Waals surface area contributed by atoms with Gasteiger partial charge in [-0.2, -0.15) is 10.5 Å². The number of thioether (sulfide) groups is 1. The highest BCUT2D eigenvalue weighted by Gasteiger charge is 2.37. The van der Waals surface area contributed by atoms with Gasteiger partial charge in [0.15, 0.2) is 0 Å². The van der Waals surface area contributed by atoms with Crippen molar-refractivity contribution in [2.75, 3.05) is 91.0 Å². The highest BCUT2D eigenvalue weighted by molar-refractivity contribution is 7.99. The molecule has 5 rings (SSSR count). The van der Waals surface area contributed by atoms with Crippen molar-refractivity contribution in [1.82, 2.24) is 14.8 Å². The Morgan fingerprint density at radius 2 is 1.72 bits per heavy atom. The number of ether oxygens (including phenoxy) is 4. The third-order valence-corrected chi connectivity index (χ3v) is 11.7. The normalized spacial score (nSPS) is 20.7. The summed E-state index contributed by atoms with van der Waals surface area (Å²) in [5, 5.41) is 22.1. The first kappa shape index (κ1) is 41.5. The number of piperazine rings is 1. The number of pyridine rings is 1. The van der Waals surface area contributed by atoms with Crippen LogP contribution in [0.2, 0.25) is 0 Å².